The zero-order valence-electron chi connectivity index (χ0n) is 16.8. The summed E-state index contributed by atoms with van der Waals surface area (Å²) < 4.78 is 19.3. The van der Waals surface area contributed by atoms with Crippen molar-refractivity contribution in [1.29, 1.82) is 0 Å². The molecule has 2 aromatic rings. The number of hydrogen-bond acceptors (Lipinski definition) is 3. The SMILES string of the molecule is COc1ccc(C2C(CNC(=O)C(C)c3ccccc3F)CCCN2C)cc1. The van der Waals surface area contributed by atoms with Crippen LogP contribution in [0, 0.1) is 11.7 Å². The fraction of sp³-hybridized carbons (Fsp3) is 0.435. The minimum atomic E-state index is -0.512. The highest BCUT2D eigenvalue weighted by molar-refractivity contribution is 5.83. The molecule has 0 spiro atoms. The number of halogens is 1. The molecule has 3 atom stereocenters. The number of nitrogens with one attached hydrogen (secondary N) is 1. The molecule has 150 valence electrons. The van der Waals surface area contributed by atoms with Gasteiger partial charge in [0.25, 0.3) is 0 Å². The van der Waals surface area contributed by atoms with Gasteiger partial charge in [0.15, 0.2) is 0 Å². The molecule has 2 aromatic carbocycles. The van der Waals surface area contributed by atoms with Crippen LogP contribution in [0.1, 0.15) is 42.9 Å². The summed E-state index contributed by atoms with van der Waals surface area (Å²) in [5.41, 5.74) is 1.66. The molecule has 3 rings (SSSR count). The van der Waals surface area contributed by atoms with Crippen LogP contribution in [-0.4, -0.2) is 38.1 Å². The van der Waals surface area contributed by atoms with E-state index in [0.717, 1.165) is 25.1 Å². The van der Waals surface area contributed by atoms with Crippen molar-refractivity contribution in [1.82, 2.24) is 10.2 Å². The van der Waals surface area contributed by atoms with Crippen molar-refractivity contribution in [3.05, 3.63) is 65.5 Å². The van der Waals surface area contributed by atoms with Gasteiger partial charge in [-0.3, -0.25) is 9.69 Å². The Kier molecular flexibility index (Phi) is 6.68. The molecule has 1 fully saturated rings. The molecule has 1 N–H and O–H groups in total. The largest absolute Gasteiger partial charge is 0.497 e. The Hall–Kier alpha value is -2.40. The maximum atomic E-state index is 14.0. The van der Waals surface area contributed by atoms with E-state index in [4.69, 9.17) is 4.74 Å². The van der Waals surface area contributed by atoms with E-state index < -0.39 is 5.92 Å². The zero-order valence-corrected chi connectivity index (χ0v) is 16.8. The third kappa shape index (κ3) is 4.53. The third-order valence-corrected chi connectivity index (χ3v) is 5.77. The Morgan fingerprint density at radius 1 is 1.25 bits per heavy atom. The van der Waals surface area contributed by atoms with Gasteiger partial charge in [0.2, 0.25) is 5.91 Å². The van der Waals surface area contributed by atoms with Crippen LogP contribution in [0.3, 0.4) is 0 Å². The Morgan fingerprint density at radius 3 is 2.64 bits per heavy atom. The summed E-state index contributed by atoms with van der Waals surface area (Å²) in [6.07, 6.45) is 2.15. The summed E-state index contributed by atoms with van der Waals surface area (Å²) in [7, 11) is 3.79. The number of methoxy groups -OCH3 is 1. The van der Waals surface area contributed by atoms with Gasteiger partial charge in [0.1, 0.15) is 11.6 Å². The van der Waals surface area contributed by atoms with Crippen LogP contribution in [0.5, 0.6) is 5.75 Å². The van der Waals surface area contributed by atoms with E-state index in [-0.39, 0.29) is 17.8 Å². The molecule has 0 aromatic heterocycles. The van der Waals surface area contributed by atoms with Crippen LogP contribution >= 0.6 is 0 Å². The monoisotopic (exact) mass is 384 g/mol. The fourth-order valence-corrected chi connectivity index (χ4v) is 4.15. The topological polar surface area (TPSA) is 41.6 Å². The molecule has 1 aliphatic heterocycles. The summed E-state index contributed by atoms with van der Waals surface area (Å²) in [6.45, 7) is 3.37. The lowest BCUT2D eigenvalue weighted by molar-refractivity contribution is -0.122. The highest BCUT2D eigenvalue weighted by atomic mass is 19.1. The molecule has 28 heavy (non-hydrogen) atoms. The molecule has 5 heteroatoms. The predicted octanol–water partition coefficient (Wildman–Crippen LogP) is 4.14. The summed E-state index contributed by atoms with van der Waals surface area (Å²) in [5.74, 6) is 0.169. The average molecular weight is 384 g/mol. The molecule has 1 aliphatic rings. The van der Waals surface area contributed by atoms with Crippen LogP contribution in [0.15, 0.2) is 48.5 Å². The number of likely N-dealkylation sites (tertiary alicyclic amines) is 1. The average Bonchev–Trinajstić information content (AvgIpc) is 2.72. The first-order valence-corrected chi connectivity index (χ1v) is 9.87. The molecular weight excluding hydrogens is 355 g/mol. The quantitative estimate of drug-likeness (QED) is 0.814. The number of carbonyl (C=O) groups excluding carboxylic acids is 1. The first kappa shape index (κ1) is 20.3. The minimum absolute atomic E-state index is 0.133. The van der Waals surface area contributed by atoms with Crippen LogP contribution in [0.25, 0.3) is 0 Å². The first-order chi connectivity index (χ1) is 13.5. The zero-order chi connectivity index (χ0) is 20.1. The lowest BCUT2D eigenvalue weighted by Gasteiger charge is -2.40. The molecule has 4 nitrogen and oxygen atoms in total. The number of ether oxygens (including phenoxy) is 1. The van der Waals surface area contributed by atoms with Gasteiger partial charge in [0.05, 0.1) is 13.0 Å². The number of benzene rings is 2. The van der Waals surface area contributed by atoms with Crippen molar-refractivity contribution < 1.29 is 13.9 Å². The molecule has 0 radical (unpaired) electrons. The standard InChI is InChI=1S/C23H29FN2O2/c1-16(20-8-4-5-9-21(20)24)23(27)25-15-18-7-6-14-26(2)22(18)17-10-12-19(28-3)13-11-17/h4-5,8-13,16,18,22H,6-7,14-15H2,1-3H3,(H,25,27). The normalized spacial score (nSPS) is 21.1. The Morgan fingerprint density at radius 2 is 1.96 bits per heavy atom. The number of amides is 1. The van der Waals surface area contributed by atoms with Gasteiger partial charge in [-0.25, -0.2) is 4.39 Å². The minimum Gasteiger partial charge on any atom is -0.497 e. The molecule has 1 heterocycles. The van der Waals surface area contributed by atoms with Crippen molar-refractivity contribution >= 4 is 5.91 Å². The molecule has 3 unspecified atom stereocenters. The van der Waals surface area contributed by atoms with Gasteiger partial charge >= 0.3 is 0 Å². The van der Waals surface area contributed by atoms with Crippen molar-refractivity contribution in [3.8, 4) is 5.75 Å². The fourth-order valence-electron chi connectivity index (χ4n) is 4.15. The lowest BCUT2D eigenvalue weighted by atomic mass is 9.84. The van der Waals surface area contributed by atoms with Gasteiger partial charge in [-0.1, -0.05) is 30.3 Å². The van der Waals surface area contributed by atoms with E-state index in [1.807, 2.05) is 12.1 Å². The van der Waals surface area contributed by atoms with Crippen molar-refractivity contribution in [2.75, 3.05) is 27.2 Å². The second kappa shape index (κ2) is 9.20. The van der Waals surface area contributed by atoms with Crippen molar-refractivity contribution in [2.45, 2.75) is 31.7 Å². The smallest absolute Gasteiger partial charge is 0.227 e. The van der Waals surface area contributed by atoms with Gasteiger partial charge in [-0.2, -0.15) is 0 Å². The maximum absolute atomic E-state index is 14.0. The molecule has 0 aliphatic carbocycles. The second-order valence-corrected chi connectivity index (χ2v) is 7.59. The summed E-state index contributed by atoms with van der Waals surface area (Å²) in [4.78, 5) is 15.0. The van der Waals surface area contributed by atoms with Crippen LogP contribution in [-0.2, 0) is 4.79 Å². The molecule has 1 amide bonds. The van der Waals surface area contributed by atoms with E-state index >= 15 is 0 Å². The van der Waals surface area contributed by atoms with E-state index in [0.29, 0.717) is 18.0 Å². The third-order valence-electron chi connectivity index (χ3n) is 5.77. The number of hydrogen-bond donors (Lipinski definition) is 1. The van der Waals surface area contributed by atoms with E-state index in [9.17, 15) is 9.18 Å². The van der Waals surface area contributed by atoms with Crippen LogP contribution in [0.2, 0.25) is 0 Å². The van der Waals surface area contributed by atoms with Gasteiger partial charge in [-0.15, -0.1) is 0 Å². The maximum Gasteiger partial charge on any atom is 0.227 e. The van der Waals surface area contributed by atoms with Crippen LogP contribution < -0.4 is 10.1 Å². The van der Waals surface area contributed by atoms with Crippen molar-refractivity contribution in [2.24, 2.45) is 5.92 Å². The predicted molar refractivity (Wildman–Crippen MR) is 109 cm³/mol. The van der Waals surface area contributed by atoms with E-state index in [1.165, 1.54) is 11.6 Å². The summed E-state index contributed by atoms with van der Waals surface area (Å²) in [5, 5.41) is 3.06. The highest BCUT2D eigenvalue weighted by Gasteiger charge is 2.31. The Balaban J connectivity index is 1.68. The van der Waals surface area contributed by atoms with Crippen LogP contribution in [0.4, 0.5) is 4.39 Å². The van der Waals surface area contributed by atoms with Gasteiger partial charge in [-0.05, 0) is 68.6 Å². The number of carbonyl (C=O) groups is 1. The molecule has 1 saturated heterocycles. The Labute approximate surface area is 166 Å². The second-order valence-electron chi connectivity index (χ2n) is 7.59. The van der Waals surface area contributed by atoms with Gasteiger partial charge in [0, 0.05) is 12.6 Å². The van der Waals surface area contributed by atoms with E-state index in [1.54, 1.807) is 32.2 Å². The summed E-state index contributed by atoms with van der Waals surface area (Å²) in [6, 6.07) is 14.9. The molecule has 0 saturated carbocycles. The number of rotatable bonds is 6. The number of nitrogens with zero attached hydrogens (tertiary/aromatic N) is 1. The summed E-state index contributed by atoms with van der Waals surface area (Å²) >= 11 is 0. The lowest BCUT2D eigenvalue weighted by Crippen LogP contribution is -2.42. The van der Waals surface area contributed by atoms with Gasteiger partial charge < -0.3 is 10.1 Å². The molecular formula is C23H29FN2O2. The van der Waals surface area contributed by atoms with E-state index in [2.05, 4.69) is 29.4 Å². The molecule has 0 bridgehead atoms. The van der Waals surface area contributed by atoms with Crippen molar-refractivity contribution in [3.63, 3.8) is 0 Å². The number of piperidine rings is 1. The Bertz CT molecular complexity index is 793. The first-order valence-electron chi connectivity index (χ1n) is 9.87. The highest BCUT2D eigenvalue weighted by Crippen LogP contribution is 2.35.